The van der Waals surface area contributed by atoms with Crippen LogP contribution in [0.4, 0.5) is 5.69 Å². The third-order valence-electron chi connectivity index (χ3n) is 4.70. The van der Waals surface area contributed by atoms with Crippen LogP contribution >= 0.6 is 0 Å². The Morgan fingerprint density at radius 3 is 2.12 bits per heavy atom. The molecule has 0 amide bonds. The lowest BCUT2D eigenvalue weighted by Crippen LogP contribution is -2.38. The van der Waals surface area contributed by atoms with E-state index >= 15 is 0 Å². The zero-order chi connectivity index (χ0) is 16.8. The van der Waals surface area contributed by atoms with Crippen LogP contribution in [-0.2, 0) is 0 Å². The molecule has 0 bridgehead atoms. The fraction of sp³-hybridized carbons (Fsp3) is 0.263. The number of fused-ring (bicyclic) bond motifs is 2. The second-order valence-corrected chi connectivity index (χ2v) is 6.46. The summed E-state index contributed by atoms with van der Waals surface area (Å²) in [6, 6.07) is 15.0. The summed E-state index contributed by atoms with van der Waals surface area (Å²) in [7, 11) is 0. The molecule has 2 heterocycles. The largest absolute Gasteiger partial charge is 0.364 e. The number of aromatic nitrogens is 2. The molecule has 3 aromatic rings. The first-order valence-electron chi connectivity index (χ1n) is 8.15. The van der Waals surface area contributed by atoms with Crippen LogP contribution in [-0.4, -0.2) is 9.36 Å². The van der Waals surface area contributed by atoms with Gasteiger partial charge in [0.25, 0.3) is 11.1 Å². The number of rotatable bonds is 2. The summed E-state index contributed by atoms with van der Waals surface area (Å²) in [5.74, 6) is 0. The summed E-state index contributed by atoms with van der Waals surface area (Å²) in [5.41, 5.74) is 1.89. The summed E-state index contributed by atoms with van der Waals surface area (Å²) in [5, 5.41) is 4.35. The Kier molecular flexibility index (Phi) is 3.30. The molecule has 5 nitrogen and oxygen atoms in total. The smallest absolute Gasteiger partial charge is 0.275 e. The SMILES string of the molecule is Cc1ccc(NC2CC(C)n3c(=O)c4ccccc4c(=O)n32)cc1. The summed E-state index contributed by atoms with van der Waals surface area (Å²) >= 11 is 0. The fourth-order valence-electron chi connectivity index (χ4n) is 3.49. The first-order valence-corrected chi connectivity index (χ1v) is 8.15. The Hall–Kier alpha value is -2.82. The third-order valence-corrected chi connectivity index (χ3v) is 4.70. The molecule has 1 aliphatic rings. The van der Waals surface area contributed by atoms with Gasteiger partial charge in [0, 0.05) is 12.1 Å². The van der Waals surface area contributed by atoms with E-state index in [1.54, 1.807) is 33.6 Å². The number of benzene rings is 2. The molecule has 0 fully saturated rings. The number of hydrogen-bond acceptors (Lipinski definition) is 3. The van der Waals surface area contributed by atoms with Crippen LogP contribution < -0.4 is 16.4 Å². The van der Waals surface area contributed by atoms with Crippen molar-refractivity contribution in [2.45, 2.75) is 32.5 Å². The molecule has 122 valence electrons. The lowest BCUT2D eigenvalue weighted by atomic mass is 10.2. The topological polar surface area (TPSA) is 56.0 Å². The molecule has 0 saturated heterocycles. The van der Waals surface area contributed by atoms with Crippen molar-refractivity contribution in [3.63, 3.8) is 0 Å². The van der Waals surface area contributed by atoms with Crippen LogP contribution in [0.3, 0.4) is 0 Å². The van der Waals surface area contributed by atoms with Crippen molar-refractivity contribution in [1.29, 1.82) is 0 Å². The van der Waals surface area contributed by atoms with E-state index in [2.05, 4.69) is 5.32 Å². The van der Waals surface area contributed by atoms with E-state index in [0.717, 1.165) is 5.69 Å². The van der Waals surface area contributed by atoms with Crippen molar-refractivity contribution >= 4 is 16.5 Å². The second-order valence-electron chi connectivity index (χ2n) is 6.46. The number of nitrogens with one attached hydrogen (secondary N) is 1. The zero-order valence-electron chi connectivity index (χ0n) is 13.7. The second kappa shape index (κ2) is 5.37. The Balaban J connectivity index is 1.88. The molecule has 1 N–H and O–H groups in total. The van der Waals surface area contributed by atoms with Gasteiger partial charge in [0.2, 0.25) is 0 Å². The molecule has 4 rings (SSSR count). The summed E-state index contributed by atoms with van der Waals surface area (Å²) < 4.78 is 3.17. The Labute approximate surface area is 139 Å². The molecule has 2 unspecified atom stereocenters. The van der Waals surface area contributed by atoms with Gasteiger partial charge >= 0.3 is 0 Å². The van der Waals surface area contributed by atoms with Crippen LogP contribution in [0.15, 0.2) is 58.1 Å². The van der Waals surface area contributed by atoms with Gasteiger partial charge in [-0.25, -0.2) is 9.36 Å². The van der Waals surface area contributed by atoms with Crippen LogP contribution in [0, 0.1) is 6.92 Å². The minimum atomic E-state index is -0.229. The quantitative estimate of drug-likeness (QED) is 0.789. The highest BCUT2D eigenvalue weighted by molar-refractivity contribution is 5.80. The van der Waals surface area contributed by atoms with Crippen LogP contribution in [0.1, 0.15) is 31.1 Å². The molecule has 1 aromatic heterocycles. The van der Waals surface area contributed by atoms with Crippen molar-refractivity contribution in [3.8, 4) is 0 Å². The normalized spacial score (nSPS) is 19.4. The summed E-state index contributed by atoms with van der Waals surface area (Å²) in [4.78, 5) is 25.7. The molecule has 5 heteroatoms. The molecule has 0 saturated carbocycles. The van der Waals surface area contributed by atoms with Gasteiger partial charge in [-0.15, -0.1) is 0 Å². The van der Waals surface area contributed by atoms with Crippen molar-refractivity contribution in [1.82, 2.24) is 9.36 Å². The number of nitrogens with zero attached hydrogens (tertiary/aromatic N) is 2. The van der Waals surface area contributed by atoms with Gasteiger partial charge < -0.3 is 5.32 Å². The van der Waals surface area contributed by atoms with Gasteiger partial charge in [-0.3, -0.25) is 9.59 Å². The van der Waals surface area contributed by atoms with Gasteiger partial charge in [0.05, 0.1) is 16.8 Å². The maximum atomic E-state index is 12.9. The number of anilines is 1. The number of hydrogen-bond donors (Lipinski definition) is 1. The average Bonchev–Trinajstić information content (AvgIpc) is 2.91. The monoisotopic (exact) mass is 321 g/mol. The predicted octanol–water partition coefficient (Wildman–Crippen LogP) is 3.05. The highest BCUT2D eigenvalue weighted by atomic mass is 16.2. The van der Waals surface area contributed by atoms with E-state index in [-0.39, 0.29) is 23.3 Å². The van der Waals surface area contributed by atoms with E-state index in [9.17, 15) is 9.59 Å². The van der Waals surface area contributed by atoms with Crippen LogP contribution in [0.2, 0.25) is 0 Å². The third kappa shape index (κ3) is 2.16. The Bertz CT molecular complexity index is 1030. The van der Waals surface area contributed by atoms with Crippen molar-refractivity contribution in [3.05, 3.63) is 74.8 Å². The molecular weight excluding hydrogens is 302 g/mol. The van der Waals surface area contributed by atoms with Crippen LogP contribution in [0.25, 0.3) is 10.8 Å². The van der Waals surface area contributed by atoms with Crippen molar-refractivity contribution in [2.75, 3.05) is 5.32 Å². The van der Waals surface area contributed by atoms with Gasteiger partial charge in [0.1, 0.15) is 6.17 Å². The standard InChI is InChI=1S/C19H19N3O2/c1-12-7-9-14(10-8-12)20-17-11-13(2)21-18(23)15-5-3-4-6-16(15)19(24)22(17)21/h3-10,13,17,20H,11H2,1-2H3. The summed E-state index contributed by atoms with van der Waals surface area (Å²) in [6.07, 6.45) is 0.465. The van der Waals surface area contributed by atoms with E-state index in [4.69, 9.17) is 0 Å². The molecule has 0 spiro atoms. The highest BCUT2D eigenvalue weighted by Crippen LogP contribution is 2.28. The minimum Gasteiger partial charge on any atom is -0.364 e. The van der Waals surface area contributed by atoms with Gasteiger partial charge in [-0.05, 0) is 38.1 Å². The predicted molar refractivity (Wildman–Crippen MR) is 95.6 cm³/mol. The van der Waals surface area contributed by atoms with Gasteiger partial charge in [0.15, 0.2) is 0 Å². The van der Waals surface area contributed by atoms with Gasteiger partial charge in [-0.2, -0.15) is 0 Å². The average molecular weight is 321 g/mol. The first-order chi connectivity index (χ1) is 11.6. The van der Waals surface area contributed by atoms with E-state index in [1.165, 1.54) is 5.56 Å². The highest BCUT2D eigenvalue weighted by Gasteiger charge is 2.31. The van der Waals surface area contributed by atoms with Crippen molar-refractivity contribution < 1.29 is 0 Å². The molecule has 24 heavy (non-hydrogen) atoms. The molecular formula is C19H19N3O2. The first kappa shape index (κ1) is 14.8. The van der Waals surface area contributed by atoms with Crippen LogP contribution in [0.5, 0.6) is 0 Å². The molecule has 0 radical (unpaired) electrons. The zero-order valence-corrected chi connectivity index (χ0v) is 13.7. The maximum Gasteiger partial charge on any atom is 0.275 e. The van der Waals surface area contributed by atoms with Crippen molar-refractivity contribution in [2.24, 2.45) is 0 Å². The molecule has 2 atom stereocenters. The Morgan fingerprint density at radius 2 is 1.50 bits per heavy atom. The lowest BCUT2D eigenvalue weighted by Gasteiger charge is -2.18. The summed E-state index contributed by atoms with van der Waals surface area (Å²) in [6.45, 7) is 4.01. The molecule has 2 aromatic carbocycles. The maximum absolute atomic E-state index is 12.9. The van der Waals surface area contributed by atoms with E-state index in [1.807, 2.05) is 38.1 Å². The number of aryl methyl sites for hydroxylation is 1. The fourth-order valence-corrected chi connectivity index (χ4v) is 3.49. The molecule has 1 aliphatic heterocycles. The van der Waals surface area contributed by atoms with E-state index < -0.39 is 0 Å². The van der Waals surface area contributed by atoms with E-state index in [0.29, 0.717) is 17.2 Å². The van der Waals surface area contributed by atoms with Gasteiger partial charge in [-0.1, -0.05) is 29.8 Å². The lowest BCUT2D eigenvalue weighted by molar-refractivity contribution is 0.476. The molecule has 0 aliphatic carbocycles. The Morgan fingerprint density at radius 1 is 0.917 bits per heavy atom. The minimum absolute atomic E-state index is 0.0299.